The third-order valence-electron chi connectivity index (χ3n) is 1.64. The van der Waals surface area contributed by atoms with Crippen LogP contribution in [0.4, 0.5) is 10.1 Å². The van der Waals surface area contributed by atoms with Gasteiger partial charge >= 0.3 is 5.69 Å². The molecule has 0 aliphatic carbocycles. The second-order valence-corrected chi connectivity index (χ2v) is 2.67. The van der Waals surface area contributed by atoms with E-state index >= 15 is 0 Å². The van der Waals surface area contributed by atoms with Gasteiger partial charge in [-0.05, 0) is 12.5 Å². The topological polar surface area (TPSA) is 63.4 Å². The SMILES string of the molecule is Cc1cc(CO)c(F)c([N+](=O)[O-])c1. The Morgan fingerprint density at radius 3 is 2.69 bits per heavy atom. The number of nitrogens with zero attached hydrogens (tertiary/aromatic N) is 1. The van der Waals surface area contributed by atoms with Crippen LogP contribution < -0.4 is 0 Å². The summed E-state index contributed by atoms with van der Waals surface area (Å²) in [6.45, 7) is 1.07. The smallest absolute Gasteiger partial charge is 0.305 e. The standard InChI is InChI=1S/C8H8FNO3/c1-5-2-6(4-11)8(9)7(3-5)10(12)13/h2-3,11H,4H2,1H3. The van der Waals surface area contributed by atoms with Crippen LogP contribution in [0, 0.1) is 22.9 Å². The molecule has 0 saturated carbocycles. The Kier molecular flexibility index (Phi) is 2.57. The highest BCUT2D eigenvalue weighted by Crippen LogP contribution is 2.22. The molecule has 4 nitrogen and oxygen atoms in total. The van der Waals surface area contributed by atoms with E-state index in [1.807, 2.05) is 0 Å². The van der Waals surface area contributed by atoms with E-state index in [1.54, 1.807) is 6.92 Å². The summed E-state index contributed by atoms with van der Waals surface area (Å²) in [5, 5.41) is 19.0. The summed E-state index contributed by atoms with van der Waals surface area (Å²) < 4.78 is 13.1. The molecule has 0 aliphatic heterocycles. The number of hydrogen-bond donors (Lipinski definition) is 1. The molecule has 0 spiro atoms. The first kappa shape index (κ1) is 9.60. The van der Waals surface area contributed by atoms with Crippen molar-refractivity contribution in [1.29, 1.82) is 0 Å². The first-order valence-electron chi connectivity index (χ1n) is 3.60. The van der Waals surface area contributed by atoms with Crippen molar-refractivity contribution in [2.45, 2.75) is 13.5 Å². The van der Waals surface area contributed by atoms with Gasteiger partial charge in [-0.2, -0.15) is 4.39 Å². The number of aryl methyl sites for hydroxylation is 1. The molecule has 0 fully saturated rings. The van der Waals surface area contributed by atoms with Crippen LogP contribution in [0.3, 0.4) is 0 Å². The van der Waals surface area contributed by atoms with E-state index in [4.69, 9.17) is 5.11 Å². The lowest BCUT2D eigenvalue weighted by Crippen LogP contribution is -1.98. The zero-order valence-corrected chi connectivity index (χ0v) is 6.95. The average Bonchev–Trinajstić information content (AvgIpc) is 2.08. The number of nitro groups is 1. The summed E-state index contributed by atoms with van der Waals surface area (Å²) >= 11 is 0. The molecule has 1 aromatic rings. The third kappa shape index (κ3) is 1.81. The van der Waals surface area contributed by atoms with Gasteiger partial charge < -0.3 is 5.11 Å². The van der Waals surface area contributed by atoms with Crippen LogP contribution >= 0.6 is 0 Å². The van der Waals surface area contributed by atoms with Crippen LogP contribution in [0.2, 0.25) is 0 Å². The molecular formula is C8H8FNO3. The van der Waals surface area contributed by atoms with Gasteiger partial charge in [0, 0.05) is 11.6 Å². The molecule has 5 heteroatoms. The molecule has 0 aromatic heterocycles. The minimum Gasteiger partial charge on any atom is -0.392 e. The molecule has 0 bridgehead atoms. The molecule has 0 atom stereocenters. The van der Waals surface area contributed by atoms with Crippen molar-refractivity contribution in [3.63, 3.8) is 0 Å². The Morgan fingerprint density at radius 1 is 1.62 bits per heavy atom. The highest BCUT2D eigenvalue weighted by Gasteiger charge is 2.17. The molecule has 1 aromatic carbocycles. The van der Waals surface area contributed by atoms with Gasteiger partial charge in [-0.15, -0.1) is 0 Å². The van der Waals surface area contributed by atoms with Crippen LogP contribution in [0.5, 0.6) is 0 Å². The van der Waals surface area contributed by atoms with Gasteiger partial charge in [-0.25, -0.2) is 0 Å². The van der Waals surface area contributed by atoms with Gasteiger partial charge in [0.1, 0.15) is 0 Å². The Morgan fingerprint density at radius 2 is 2.23 bits per heavy atom. The van der Waals surface area contributed by atoms with Gasteiger partial charge in [0.25, 0.3) is 0 Å². The van der Waals surface area contributed by atoms with E-state index in [2.05, 4.69) is 0 Å². The largest absolute Gasteiger partial charge is 0.392 e. The molecule has 1 rings (SSSR count). The Balaban J connectivity index is 3.35. The van der Waals surface area contributed by atoms with E-state index in [1.165, 1.54) is 6.07 Å². The summed E-state index contributed by atoms with van der Waals surface area (Å²) in [4.78, 5) is 9.52. The van der Waals surface area contributed by atoms with Crippen LogP contribution in [-0.4, -0.2) is 10.0 Å². The van der Waals surface area contributed by atoms with E-state index in [-0.39, 0.29) is 5.56 Å². The lowest BCUT2D eigenvalue weighted by Gasteiger charge is -2.01. The number of hydrogen-bond acceptors (Lipinski definition) is 3. The first-order chi connectivity index (χ1) is 6.06. The van der Waals surface area contributed by atoms with Crippen LogP contribution in [0.1, 0.15) is 11.1 Å². The predicted molar refractivity (Wildman–Crippen MR) is 43.7 cm³/mol. The lowest BCUT2D eigenvalue weighted by molar-refractivity contribution is -0.387. The molecule has 13 heavy (non-hydrogen) atoms. The zero-order chi connectivity index (χ0) is 10.0. The molecule has 0 amide bonds. The second-order valence-electron chi connectivity index (χ2n) is 2.67. The lowest BCUT2D eigenvalue weighted by atomic mass is 10.1. The Hall–Kier alpha value is -1.49. The summed E-state index contributed by atoms with van der Waals surface area (Å²) in [6, 6.07) is 2.51. The van der Waals surface area contributed by atoms with Crippen molar-refractivity contribution < 1.29 is 14.4 Å². The predicted octanol–water partition coefficient (Wildman–Crippen LogP) is 1.53. The van der Waals surface area contributed by atoms with Crippen molar-refractivity contribution in [3.8, 4) is 0 Å². The quantitative estimate of drug-likeness (QED) is 0.561. The van der Waals surface area contributed by atoms with Crippen molar-refractivity contribution >= 4 is 5.69 Å². The molecular weight excluding hydrogens is 177 g/mol. The van der Waals surface area contributed by atoms with Crippen LogP contribution in [0.15, 0.2) is 12.1 Å². The maximum absolute atomic E-state index is 13.1. The number of benzene rings is 1. The molecule has 0 radical (unpaired) electrons. The summed E-state index contributed by atoms with van der Waals surface area (Å²) in [5.74, 6) is -0.960. The molecule has 0 saturated heterocycles. The molecule has 0 heterocycles. The van der Waals surface area contributed by atoms with Crippen molar-refractivity contribution in [2.24, 2.45) is 0 Å². The van der Waals surface area contributed by atoms with Crippen LogP contribution in [0.25, 0.3) is 0 Å². The maximum Gasteiger partial charge on any atom is 0.305 e. The summed E-state index contributed by atoms with van der Waals surface area (Å²) in [6.07, 6.45) is 0. The number of nitro benzene ring substituents is 1. The fourth-order valence-corrected chi connectivity index (χ4v) is 1.07. The number of halogens is 1. The van der Waals surface area contributed by atoms with Crippen molar-refractivity contribution in [2.75, 3.05) is 0 Å². The number of aliphatic hydroxyl groups is 1. The van der Waals surface area contributed by atoms with Crippen molar-refractivity contribution in [3.05, 3.63) is 39.2 Å². The van der Waals surface area contributed by atoms with E-state index in [0.29, 0.717) is 5.56 Å². The highest BCUT2D eigenvalue weighted by atomic mass is 19.1. The molecule has 70 valence electrons. The van der Waals surface area contributed by atoms with Crippen molar-refractivity contribution in [1.82, 2.24) is 0 Å². The maximum atomic E-state index is 13.1. The van der Waals surface area contributed by atoms with E-state index < -0.39 is 23.0 Å². The van der Waals surface area contributed by atoms with Gasteiger partial charge in [0.15, 0.2) is 0 Å². The monoisotopic (exact) mass is 185 g/mol. The van der Waals surface area contributed by atoms with Gasteiger partial charge in [0.2, 0.25) is 5.82 Å². The molecule has 0 unspecified atom stereocenters. The molecule has 1 N–H and O–H groups in total. The zero-order valence-electron chi connectivity index (χ0n) is 6.95. The second kappa shape index (κ2) is 3.49. The fourth-order valence-electron chi connectivity index (χ4n) is 1.07. The minimum atomic E-state index is -0.960. The summed E-state index contributed by atoms with van der Waals surface area (Å²) in [5.41, 5.74) is -0.0899. The van der Waals surface area contributed by atoms with Gasteiger partial charge in [-0.1, -0.05) is 6.07 Å². The summed E-state index contributed by atoms with van der Waals surface area (Å²) in [7, 11) is 0. The number of aliphatic hydroxyl groups excluding tert-OH is 1. The minimum absolute atomic E-state index is 0.0494. The third-order valence-corrected chi connectivity index (χ3v) is 1.64. The first-order valence-corrected chi connectivity index (χ1v) is 3.60. The fraction of sp³-hybridized carbons (Fsp3) is 0.250. The van der Waals surface area contributed by atoms with Crippen LogP contribution in [-0.2, 0) is 6.61 Å². The van der Waals surface area contributed by atoms with E-state index in [9.17, 15) is 14.5 Å². The Bertz CT molecular complexity index is 351. The van der Waals surface area contributed by atoms with Gasteiger partial charge in [-0.3, -0.25) is 10.1 Å². The van der Waals surface area contributed by atoms with Gasteiger partial charge in [0.05, 0.1) is 11.5 Å². The molecule has 0 aliphatic rings. The average molecular weight is 185 g/mol. The number of rotatable bonds is 2. The normalized spacial score (nSPS) is 10.1. The Labute approximate surface area is 73.8 Å². The highest BCUT2D eigenvalue weighted by molar-refractivity contribution is 5.40. The van der Waals surface area contributed by atoms with E-state index in [0.717, 1.165) is 6.07 Å².